The highest BCUT2D eigenvalue weighted by Gasteiger charge is 2.06. The van der Waals surface area contributed by atoms with Crippen LogP contribution in [-0.2, 0) is 10.0 Å². The number of nitrogens with one attached hydrogen (secondary N) is 1. The van der Waals surface area contributed by atoms with E-state index in [1.165, 1.54) is 0 Å². The van der Waals surface area contributed by atoms with E-state index in [0.717, 1.165) is 6.26 Å². The molecule has 0 spiro atoms. The first-order chi connectivity index (χ1) is 4.49. The topological polar surface area (TPSA) is 46.2 Å². The van der Waals surface area contributed by atoms with Gasteiger partial charge in [-0.1, -0.05) is 12.8 Å². The largest absolute Gasteiger partial charge is 0.213 e. The first kappa shape index (κ1) is 9.47. The van der Waals surface area contributed by atoms with Gasteiger partial charge in [-0.25, -0.2) is 13.1 Å². The second-order valence-electron chi connectivity index (χ2n) is 2.02. The predicted molar refractivity (Wildman–Crippen MR) is 40.9 cm³/mol. The van der Waals surface area contributed by atoms with Crippen molar-refractivity contribution in [3.05, 3.63) is 0 Å². The Morgan fingerprint density at radius 2 is 2.20 bits per heavy atom. The van der Waals surface area contributed by atoms with Crippen molar-refractivity contribution in [3.63, 3.8) is 0 Å². The highest BCUT2D eigenvalue weighted by molar-refractivity contribution is 7.88. The SMILES string of the molecule is C#CC(CC)NS(C)(=O)=O. The van der Waals surface area contributed by atoms with Crippen LogP contribution >= 0.6 is 0 Å². The number of terminal acetylenes is 1. The summed E-state index contributed by atoms with van der Waals surface area (Å²) in [5.74, 6) is 2.32. The number of hydrogen-bond donors (Lipinski definition) is 1. The van der Waals surface area contributed by atoms with E-state index in [1.54, 1.807) is 0 Å². The van der Waals surface area contributed by atoms with Gasteiger partial charge in [0.2, 0.25) is 10.0 Å². The first-order valence-corrected chi connectivity index (χ1v) is 4.82. The van der Waals surface area contributed by atoms with Crippen LogP contribution in [0.15, 0.2) is 0 Å². The van der Waals surface area contributed by atoms with E-state index in [-0.39, 0.29) is 6.04 Å². The predicted octanol–water partition coefficient (Wildman–Crippen LogP) is -0.0526. The van der Waals surface area contributed by atoms with Gasteiger partial charge < -0.3 is 0 Å². The van der Waals surface area contributed by atoms with E-state index in [2.05, 4.69) is 10.6 Å². The van der Waals surface area contributed by atoms with Crippen LogP contribution < -0.4 is 4.72 Å². The van der Waals surface area contributed by atoms with Crippen LogP contribution in [0.1, 0.15) is 13.3 Å². The molecule has 58 valence electrons. The molecule has 0 radical (unpaired) electrons. The maximum atomic E-state index is 10.6. The minimum absolute atomic E-state index is 0.366. The molecule has 0 amide bonds. The van der Waals surface area contributed by atoms with Gasteiger partial charge in [-0.2, -0.15) is 0 Å². The summed E-state index contributed by atoms with van der Waals surface area (Å²) >= 11 is 0. The van der Waals surface area contributed by atoms with Crippen molar-refractivity contribution in [1.82, 2.24) is 4.72 Å². The highest BCUT2D eigenvalue weighted by Crippen LogP contribution is 1.89. The molecule has 0 aromatic rings. The summed E-state index contributed by atoms with van der Waals surface area (Å²) in [6, 6.07) is -0.366. The van der Waals surface area contributed by atoms with Crippen molar-refractivity contribution in [2.75, 3.05) is 6.26 Å². The van der Waals surface area contributed by atoms with E-state index < -0.39 is 10.0 Å². The molecule has 10 heavy (non-hydrogen) atoms. The molecule has 1 N–H and O–H groups in total. The average molecular weight is 161 g/mol. The maximum absolute atomic E-state index is 10.6. The van der Waals surface area contributed by atoms with Gasteiger partial charge in [-0.05, 0) is 6.42 Å². The third-order valence-electron chi connectivity index (χ3n) is 0.966. The van der Waals surface area contributed by atoms with Crippen LogP contribution in [0, 0.1) is 12.3 Å². The standard InChI is InChI=1S/C6H11NO2S/c1-4-6(5-2)7-10(3,8)9/h1,6-7H,5H2,2-3H3. The van der Waals surface area contributed by atoms with Crippen LogP contribution in [0.3, 0.4) is 0 Å². The minimum Gasteiger partial charge on any atom is -0.213 e. The number of sulfonamides is 1. The van der Waals surface area contributed by atoms with Crippen LogP contribution in [0.25, 0.3) is 0 Å². The molecule has 4 heteroatoms. The molecule has 0 aliphatic heterocycles. The van der Waals surface area contributed by atoms with Crippen molar-refractivity contribution in [1.29, 1.82) is 0 Å². The molecule has 0 saturated carbocycles. The van der Waals surface area contributed by atoms with Crippen molar-refractivity contribution in [2.24, 2.45) is 0 Å². The van der Waals surface area contributed by atoms with Gasteiger partial charge in [-0.15, -0.1) is 6.42 Å². The average Bonchev–Trinajstić information content (AvgIpc) is 1.81. The third-order valence-corrected chi connectivity index (χ3v) is 1.68. The summed E-state index contributed by atoms with van der Waals surface area (Å²) in [7, 11) is -3.14. The molecule has 1 unspecified atom stereocenters. The molecule has 0 aliphatic carbocycles. The van der Waals surface area contributed by atoms with Crippen LogP contribution in [0.2, 0.25) is 0 Å². The lowest BCUT2D eigenvalue weighted by molar-refractivity contribution is 0.576. The van der Waals surface area contributed by atoms with Crippen LogP contribution in [0.5, 0.6) is 0 Å². The number of hydrogen-bond acceptors (Lipinski definition) is 2. The summed E-state index contributed by atoms with van der Waals surface area (Å²) in [5.41, 5.74) is 0. The summed E-state index contributed by atoms with van der Waals surface area (Å²) in [5, 5.41) is 0. The first-order valence-electron chi connectivity index (χ1n) is 2.93. The Hall–Kier alpha value is -0.530. The van der Waals surface area contributed by atoms with Gasteiger partial charge >= 0.3 is 0 Å². The molecule has 3 nitrogen and oxygen atoms in total. The molecular weight excluding hydrogens is 150 g/mol. The van der Waals surface area contributed by atoms with Gasteiger partial charge in [-0.3, -0.25) is 0 Å². The summed E-state index contributed by atoms with van der Waals surface area (Å²) in [6.45, 7) is 1.82. The fourth-order valence-electron chi connectivity index (χ4n) is 0.494. The van der Waals surface area contributed by atoms with Gasteiger partial charge in [0.15, 0.2) is 0 Å². The van der Waals surface area contributed by atoms with Gasteiger partial charge in [0, 0.05) is 0 Å². The van der Waals surface area contributed by atoms with Gasteiger partial charge in [0.25, 0.3) is 0 Å². The van der Waals surface area contributed by atoms with Crippen molar-refractivity contribution in [3.8, 4) is 12.3 Å². The monoisotopic (exact) mass is 161 g/mol. The normalized spacial score (nSPS) is 14.1. The molecule has 0 aliphatic rings. The summed E-state index contributed by atoms with van der Waals surface area (Å²) < 4.78 is 23.4. The lowest BCUT2D eigenvalue weighted by Gasteiger charge is -2.06. The zero-order valence-electron chi connectivity index (χ0n) is 6.09. The third kappa shape index (κ3) is 4.36. The second kappa shape index (κ2) is 3.59. The van der Waals surface area contributed by atoms with Gasteiger partial charge in [0.05, 0.1) is 12.3 Å². The molecule has 1 atom stereocenters. The van der Waals surface area contributed by atoms with Crippen molar-refractivity contribution in [2.45, 2.75) is 19.4 Å². The summed E-state index contributed by atoms with van der Waals surface area (Å²) in [6.07, 6.45) is 6.72. The Kier molecular flexibility index (Phi) is 3.40. The Labute approximate surface area is 61.9 Å². The molecular formula is C6H11NO2S. The quantitative estimate of drug-likeness (QED) is 0.590. The minimum atomic E-state index is -3.14. The zero-order valence-corrected chi connectivity index (χ0v) is 6.90. The lowest BCUT2D eigenvalue weighted by Crippen LogP contribution is -2.32. The zero-order chi connectivity index (χ0) is 8.20. The van der Waals surface area contributed by atoms with Crippen molar-refractivity contribution < 1.29 is 8.42 Å². The maximum Gasteiger partial charge on any atom is 0.209 e. The molecule has 0 fully saturated rings. The molecule has 0 aromatic heterocycles. The Bertz CT molecular complexity index is 225. The molecule has 0 heterocycles. The molecule has 0 saturated heterocycles. The van der Waals surface area contributed by atoms with Crippen molar-refractivity contribution >= 4 is 10.0 Å². The fraction of sp³-hybridized carbons (Fsp3) is 0.667. The van der Waals surface area contributed by atoms with E-state index >= 15 is 0 Å². The van der Waals surface area contributed by atoms with E-state index in [1.807, 2.05) is 6.92 Å². The van der Waals surface area contributed by atoms with E-state index in [4.69, 9.17) is 6.42 Å². The molecule has 0 aromatic carbocycles. The van der Waals surface area contributed by atoms with E-state index in [0.29, 0.717) is 6.42 Å². The number of rotatable bonds is 3. The fourth-order valence-corrected chi connectivity index (χ4v) is 1.25. The Morgan fingerprint density at radius 1 is 1.70 bits per heavy atom. The van der Waals surface area contributed by atoms with Crippen LogP contribution in [0.4, 0.5) is 0 Å². The smallest absolute Gasteiger partial charge is 0.209 e. The van der Waals surface area contributed by atoms with Gasteiger partial charge in [0.1, 0.15) is 0 Å². The highest BCUT2D eigenvalue weighted by atomic mass is 32.2. The Morgan fingerprint density at radius 3 is 2.30 bits per heavy atom. The lowest BCUT2D eigenvalue weighted by atomic mass is 10.3. The Balaban J connectivity index is 4.04. The molecule has 0 rings (SSSR count). The van der Waals surface area contributed by atoms with E-state index in [9.17, 15) is 8.42 Å². The van der Waals surface area contributed by atoms with Crippen LogP contribution in [-0.4, -0.2) is 20.7 Å². The second-order valence-corrected chi connectivity index (χ2v) is 3.80. The molecule has 0 bridgehead atoms. The summed E-state index contributed by atoms with van der Waals surface area (Å²) in [4.78, 5) is 0.